The van der Waals surface area contributed by atoms with E-state index in [0.29, 0.717) is 12.8 Å². The Morgan fingerprint density at radius 1 is 0.750 bits per heavy atom. The van der Waals surface area contributed by atoms with Crippen LogP contribution in [0.4, 0.5) is 0 Å². The first kappa shape index (κ1) is 16.9. The lowest BCUT2D eigenvalue weighted by Gasteiger charge is -1.78. The van der Waals surface area contributed by atoms with E-state index in [2.05, 4.69) is 13.8 Å². The van der Waals surface area contributed by atoms with Gasteiger partial charge in [-0.2, -0.15) is 10.5 Å². The Labute approximate surface area is 99.9 Å². The van der Waals surface area contributed by atoms with E-state index in [4.69, 9.17) is 10.5 Å². The lowest BCUT2D eigenvalue weighted by atomic mass is 10.3. The van der Waals surface area contributed by atoms with E-state index in [0.717, 1.165) is 12.8 Å². The zero-order valence-electron chi connectivity index (χ0n) is 10.4. The zero-order valence-corrected chi connectivity index (χ0v) is 10.4. The number of nitriles is 2. The lowest BCUT2D eigenvalue weighted by Crippen LogP contribution is -1.60. The molecule has 2 nitrogen and oxygen atoms in total. The Morgan fingerprint density at radius 3 is 1.38 bits per heavy atom. The second-order valence-electron chi connectivity index (χ2n) is 3.24. The molecule has 88 valence electrons. The maximum absolute atomic E-state index is 8.06. The molecule has 0 saturated carbocycles. The smallest absolute Gasteiger partial charge is 0.0663 e. The summed E-state index contributed by atoms with van der Waals surface area (Å²) in [6, 6.07) is 4.08. The van der Waals surface area contributed by atoms with Crippen LogP contribution in [0.2, 0.25) is 0 Å². The average Bonchev–Trinajstić information content (AvgIpc) is 2.31. The van der Waals surface area contributed by atoms with E-state index in [1.54, 1.807) is 0 Å². The molecule has 0 radical (unpaired) electrons. The van der Waals surface area contributed by atoms with Crippen LogP contribution in [0.3, 0.4) is 0 Å². The molecular formula is C14H22N2. The van der Waals surface area contributed by atoms with E-state index in [-0.39, 0.29) is 0 Å². The van der Waals surface area contributed by atoms with Gasteiger partial charge in [-0.25, -0.2) is 0 Å². The van der Waals surface area contributed by atoms with Crippen LogP contribution in [0.25, 0.3) is 0 Å². The molecular weight excluding hydrogens is 196 g/mol. The van der Waals surface area contributed by atoms with Gasteiger partial charge in [-0.3, -0.25) is 0 Å². The van der Waals surface area contributed by atoms with Gasteiger partial charge in [0.2, 0.25) is 0 Å². The van der Waals surface area contributed by atoms with Crippen LogP contribution in [0.1, 0.15) is 52.4 Å². The Balaban J connectivity index is 0. The van der Waals surface area contributed by atoms with Crippen molar-refractivity contribution in [3.05, 3.63) is 24.3 Å². The molecule has 2 heteroatoms. The summed E-state index contributed by atoms with van der Waals surface area (Å²) in [5, 5.41) is 16.1. The third-order valence-corrected chi connectivity index (χ3v) is 1.66. The molecule has 0 atom stereocenters. The lowest BCUT2D eigenvalue weighted by molar-refractivity contribution is 0.955. The first-order valence-corrected chi connectivity index (χ1v) is 5.87. The van der Waals surface area contributed by atoms with Crippen LogP contribution >= 0.6 is 0 Å². The SMILES string of the molecule is CCCC=CCC#N.CCCC=CCC#N. The molecule has 0 aliphatic carbocycles. The van der Waals surface area contributed by atoms with Gasteiger partial charge in [0.15, 0.2) is 0 Å². The van der Waals surface area contributed by atoms with Crippen LogP contribution in [-0.4, -0.2) is 0 Å². The molecule has 0 spiro atoms. The summed E-state index contributed by atoms with van der Waals surface area (Å²) < 4.78 is 0. The second-order valence-corrected chi connectivity index (χ2v) is 3.24. The summed E-state index contributed by atoms with van der Waals surface area (Å²) in [4.78, 5) is 0. The summed E-state index contributed by atoms with van der Waals surface area (Å²) >= 11 is 0. The van der Waals surface area contributed by atoms with Gasteiger partial charge in [0, 0.05) is 0 Å². The fraction of sp³-hybridized carbons (Fsp3) is 0.571. The Bertz CT molecular complexity index is 223. The number of hydrogen-bond donors (Lipinski definition) is 0. The van der Waals surface area contributed by atoms with Crippen LogP contribution in [0.15, 0.2) is 24.3 Å². The van der Waals surface area contributed by atoms with Crippen molar-refractivity contribution in [1.29, 1.82) is 10.5 Å². The van der Waals surface area contributed by atoms with Gasteiger partial charge >= 0.3 is 0 Å². The summed E-state index contributed by atoms with van der Waals surface area (Å²) in [6.45, 7) is 4.24. The maximum atomic E-state index is 8.06. The number of nitrogens with zero attached hydrogens (tertiary/aromatic N) is 2. The summed E-state index contributed by atoms with van der Waals surface area (Å²) in [5.74, 6) is 0. The molecule has 0 bridgehead atoms. The van der Waals surface area contributed by atoms with Crippen LogP contribution in [-0.2, 0) is 0 Å². The van der Waals surface area contributed by atoms with E-state index in [9.17, 15) is 0 Å². The summed E-state index contributed by atoms with van der Waals surface area (Å²) in [7, 11) is 0. The van der Waals surface area contributed by atoms with Crippen LogP contribution < -0.4 is 0 Å². The first-order chi connectivity index (χ1) is 7.83. The third kappa shape index (κ3) is 22.9. The summed E-state index contributed by atoms with van der Waals surface area (Å²) in [5.41, 5.74) is 0. The first-order valence-electron chi connectivity index (χ1n) is 5.87. The normalized spacial score (nSPS) is 9.50. The molecule has 0 aliphatic rings. The second kappa shape index (κ2) is 19.1. The number of allylic oxidation sites excluding steroid dienone is 4. The highest BCUT2D eigenvalue weighted by atomic mass is 14.2. The average molecular weight is 218 g/mol. The van der Waals surface area contributed by atoms with Crippen molar-refractivity contribution < 1.29 is 0 Å². The van der Waals surface area contributed by atoms with E-state index in [1.807, 2.05) is 36.4 Å². The van der Waals surface area contributed by atoms with E-state index >= 15 is 0 Å². The van der Waals surface area contributed by atoms with Crippen molar-refractivity contribution in [2.75, 3.05) is 0 Å². The molecule has 0 N–H and O–H groups in total. The van der Waals surface area contributed by atoms with Gasteiger partial charge in [-0.05, 0) is 12.8 Å². The van der Waals surface area contributed by atoms with Crippen LogP contribution in [0, 0.1) is 22.7 Å². The van der Waals surface area contributed by atoms with Gasteiger partial charge in [0.05, 0.1) is 25.0 Å². The predicted octanol–water partition coefficient (Wildman–Crippen LogP) is 4.51. The zero-order chi connectivity index (χ0) is 12.5. The molecule has 0 rings (SSSR count). The Kier molecular flexibility index (Phi) is 20.1. The van der Waals surface area contributed by atoms with Crippen molar-refractivity contribution >= 4 is 0 Å². The summed E-state index contributed by atoms with van der Waals surface area (Å²) in [6.07, 6.45) is 13.5. The standard InChI is InChI=1S/2C7H11N/c2*1-2-3-4-5-6-7-8/h2*4-5H,2-3,6H2,1H3. The minimum Gasteiger partial charge on any atom is -0.198 e. The Morgan fingerprint density at radius 2 is 1.12 bits per heavy atom. The molecule has 0 aliphatic heterocycles. The van der Waals surface area contributed by atoms with Gasteiger partial charge in [0.1, 0.15) is 0 Å². The monoisotopic (exact) mass is 218 g/mol. The van der Waals surface area contributed by atoms with Gasteiger partial charge in [0.25, 0.3) is 0 Å². The highest BCUT2D eigenvalue weighted by Gasteiger charge is 1.71. The van der Waals surface area contributed by atoms with Crippen molar-refractivity contribution in [3.8, 4) is 12.1 Å². The number of hydrogen-bond acceptors (Lipinski definition) is 2. The van der Waals surface area contributed by atoms with Crippen molar-refractivity contribution in [2.45, 2.75) is 52.4 Å². The molecule has 16 heavy (non-hydrogen) atoms. The minimum atomic E-state index is 0.556. The molecule has 0 aromatic carbocycles. The van der Waals surface area contributed by atoms with E-state index < -0.39 is 0 Å². The maximum Gasteiger partial charge on any atom is 0.0663 e. The van der Waals surface area contributed by atoms with Gasteiger partial charge in [-0.15, -0.1) is 0 Å². The third-order valence-electron chi connectivity index (χ3n) is 1.66. The molecule has 0 saturated heterocycles. The van der Waals surface area contributed by atoms with Crippen LogP contribution in [0.5, 0.6) is 0 Å². The quantitative estimate of drug-likeness (QED) is 0.616. The fourth-order valence-corrected chi connectivity index (χ4v) is 0.841. The van der Waals surface area contributed by atoms with E-state index in [1.165, 1.54) is 12.8 Å². The highest BCUT2D eigenvalue weighted by Crippen LogP contribution is 1.89. The molecule has 0 aromatic rings. The number of rotatable bonds is 6. The van der Waals surface area contributed by atoms with Crippen molar-refractivity contribution in [2.24, 2.45) is 0 Å². The molecule has 0 amide bonds. The Hall–Kier alpha value is -1.54. The molecule has 0 heterocycles. The van der Waals surface area contributed by atoms with Gasteiger partial charge < -0.3 is 0 Å². The van der Waals surface area contributed by atoms with Gasteiger partial charge in [-0.1, -0.05) is 51.0 Å². The largest absolute Gasteiger partial charge is 0.198 e. The topological polar surface area (TPSA) is 47.6 Å². The molecule has 0 aromatic heterocycles. The van der Waals surface area contributed by atoms with Crippen molar-refractivity contribution in [1.82, 2.24) is 0 Å². The minimum absolute atomic E-state index is 0.556. The molecule has 0 fully saturated rings. The molecule has 0 unspecified atom stereocenters. The predicted molar refractivity (Wildman–Crippen MR) is 68.6 cm³/mol. The van der Waals surface area contributed by atoms with Crippen molar-refractivity contribution in [3.63, 3.8) is 0 Å². The number of unbranched alkanes of at least 4 members (excludes halogenated alkanes) is 2. The highest BCUT2D eigenvalue weighted by molar-refractivity contribution is 4.90. The fourth-order valence-electron chi connectivity index (χ4n) is 0.841.